The first kappa shape index (κ1) is 33.4. The topological polar surface area (TPSA) is 116 Å². The summed E-state index contributed by atoms with van der Waals surface area (Å²) in [4.78, 5) is 59.8. The molecule has 262 valence electrons. The minimum atomic E-state index is -1.56. The number of benzene rings is 4. The van der Waals surface area contributed by atoms with Gasteiger partial charge in [-0.3, -0.25) is 29.5 Å². The molecule has 52 heavy (non-hydrogen) atoms. The Morgan fingerprint density at radius 2 is 1.63 bits per heavy atom. The van der Waals surface area contributed by atoms with E-state index in [0.717, 1.165) is 16.1 Å². The molecule has 2 aliphatic heterocycles. The predicted molar refractivity (Wildman–Crippen MR) is 193 cm³/mol. The number of hydrogen-bond acceptors (Lipinski definition) is 7. The van der Waals surface area contributed by atoms with Crippen molar-refractivity contribution in [2.75, 3.05) is 17.4 Å². The Kier molecular flexibility index (Phi) is 8.02. The largest absolute Gasteiger partial charge is 0.504 e. The maximum atomic E-state index is 15.2. The number of halogens is 2. The van der Waals surface area contributed by atoms with Crippen LogP contribution in [0, 0.1) is 29.5 Å². The standard InChI is InChI=1S/C41H33ClFN3O6/c1-3-22-4-15-28(16-5-22)45-37(48)30-18-17-29-31(35(30)39(45)50)21-32-38(49)46(44-27-13-11-26(43)12-14-27)40(51)41(32,24-7-9-25(42)10-8-24)36(29)23-6-19-33(47)34(20-23)52-2/h3-17,19-20,30-32,35-36,44,47H,1,18,21H2,2H3/t30-,31+,32-,35-,36-,41+/m0/s1. The van der Waals surface area contributed by atoms with E-state index in [2.05, 4.69) is 12.0 Å². The van der Waals surface area contributed by atoms with Crippen LogP contribution in [0.2, 0.25) is 5.02 Å². The summed E-state index contributed by atoms with van der Waals surface area (Å²) in [6, 6.07) is 23.9. The first-order valence-electron chi connectivity index (χ1n) is 16.9. The highest BCUT2D eigenvalue weighted by molar-refractivity contribution is 6.30. The number of anilines is 2. The average molecular weight is 718 g/mol. The number of nitrogens with one attached hydrogen (secondary N) is 1. The maximum absolute atomic E-state index is 15.2. The van der Waals surface area contributed by atoms with E-state index in [1.807, 2.05) is 6.08 Å². The SMILES string of the molecule is C=Cc1ccc(N2C(=O)[C@H]3[C@H](CC=C4[C@H]3C[C@H]3C(=O)N(Nc5ccc(F)cc5)C(=O)[C@@]3(c3ccc(Cl)cc3)[C@H]4c3ccc(O)c(OC)c3)C2=O)cc1. The second-order valence-electron chi connectivity index (χ2n) is 13.6. The zero-order valence-electron chi connectivity index (χ0n) is 28.0. The summed E-state index contributed by atoms with van der Waals surface area (Å²) in [5.41, 5.74) is 4.83. The van der Waals surface area contributed by atoms with Crippen LogP contribution in [0.15, 0.2) is 109 Å². The fourth-order valence-electron chi connectivity index (χ4n) is 8.92. The van der Waals surface area contributed by atoms with Crippen molar-refractivity contribution in [2.45, 2.75) is 24.2 Å². The van der Waals surface area contributed by atoms with Gasteiger partial charge in [0.1, 0.15) is 5.82 Å². The van der Waals surface area contributed by atoms with Gasteiger partial charge in [-0.2, -0.15) is 5.01 Å². The first-order valence-corrected chi connectivity index (χ1v) is 17.3. The smallest absolute Gasteiger partial charge is 0.260 e. The van der Waals surface area contributed by atoms with Crippen molar-refractivity contribution in [3.05, 3.63) is 137 Å². The first-order chi connectivity index (χ1) is 25.1. The fourth-order valence-corrected chi connectivity index (χ4v) is 9.04. The number of ether oxygens (including phenoxy) is 1. The molecular weight excluding hydrogens is 685 g/mol. The number of hydrogen-bond donors (Lipinski definition) is 2. The van der Waals surface area contributed by atoms with Crippen LogP contribution in [-0.4, -0.2) is 40.9 Å². The molecule has 6 atom stereocenters. The lowest BCUT2D eigenvalue weighted by molar-refractivity contribution is -0.138. The number of phenols is 1. The van der Waals surface area contributed by atoms with E-state index >= 15 is 4.79 Å². The number of allylic oxidation sites excluding steroid dienone is 2. The summed E-state index contributed by atoms with van der Waals surface area (Å²) in [5.74, 6) is -6.10. The molecule has 1 saturated carbocycles. The van der Waals surface area contributed by atoms with E-state index in [1.165, 1.54) is 42.3 Å². The van der Waals surface area contributed by atoms with Gasteiger partial charge in [0.2, 0.25) is 11.8 Å². The van der Waals surface area contributed by atoms with E-state index in [0.29, 0.717) is 27.5 Å². The van der Waals surface area contributed by atoms with Gasteiger partial charge >= 0.3 is 0 Å². The molecule has 2 N–H and O–H groups in total. The van der Waals surface area contributed by atoms with Gasteiger partial charge in [0.25, 0.3) is 11.8 Å². The van der Waals surface area contributed by atoms with Crippen molar-refractivity contribution in [1.29, 1.82) is 0 Å². The van der Waals surface area contributed by atoms with Crippen molar-refractivity contribution < 1.29 is 33.4 Å². The van der Waals surface area contributed by atoms with Gasteiger partial charge < -0.3 is 9.84 Å². The van der Waals surface area contributed by atoms with Crippen LogP contribution in [0.4, 0.5) is 15.8 Å². The highest BCUT2D eigenvalue weighted by Gasteiger charge is 2.70. The Balaban J connectivity index is 1.32. The average Bonchev–Trinajstić information content (AvgIpc) is 3.53. The normalized spacial score (nSPS) is 26.4. The molecule has 0 radical (unpaired) electrons. The molecule has 4 aromatic rings. The van der Waals surface area contributed by atoms with Crippen LogP contribution in [0.25, 0.3) is 6.08 Å². The number of phenolic OH excluding ortho intramolecular Hbond substituents is 1. The van der Waals surface area contributed by atoms with Gasteiger partial charge in [0.05, 0.1) is 41.7 Å². The fraction of sp³-hybridized carbons (Fsp3) is 0.220. The Hall–Kier alpha value is -5.74. The van der Waals surface area contributed by atoms with Crippen LogP contribution in [0.5, 0.6) is 11.5 Å². The molecule has 4 aromatic carbocycles. The number of carbonyl (C=O) groups excluding carboxylic acids is 4. The van der Waals surface area contributed by atoms with Crippen molar-refractivity contribution >= 4 is 52.7 Å². The van der Waals surface area contributed by atoms with Crippen LogP contribution in [-0.2, 0) is 24.6 Å². The number of hydrazine groups is 1. The number of carbonyl (C=O) groups is 4. The molecule has 11 heteroatoms. The van der Waals surface area contributed by atoms with Crippen molar-refractivity contribution in [3.63, 3.8) is 0 Å². The van der Waals surface area contributed by atoms with Crippen LogP contribution in [0.1, 0.15) is 35.4 Å². The van der Waals surface area contributed by atoms with E-state index in [9.17, 15) is 23.9 Å². The molecule has 0 aromatic heterocycles. The zero-order chi connectivity index (χ0) is 36.5. The molecule has 0 unspecified atom stereocenters. The van der Waals surface area contributed by atoms with E-state index in [1.54, 1.807) is 66.7 Å². The lowest BCUT2D eigenvalue weighted by atomic mass is 9.49. The van der Waals surface area contributed by atoms with Crippen molar-refractivity contribution in [3.8, 4) is 11.5 Å². The molecule has 3 fully saturated rings. The number of amides is 4. The molecule has 4 amide bonds. The van der Waals surface area contributed by atoms with E-state index in [-0.39, 0.29) is 36.2 Å². The summed E-state index contributed by atoms with van der Waals surface area (Å²) in [6.45, 7) is 3.78. The lowest BCUT2D eigenvalue weighted by Gasteiger charge is -2.50. The van der Waals surface area contributed by atoms with E-state index in [4.69, 9.17) is 16.3 Å². The summed E-state index contributed by atoms with van der Waals surface area (Å²) < 4.78 is 19.4. The monoisotopic (exact) mass is 717 g/mol. The molecule has 0 bridgehead atoms. The molecule has 0 spiro atoms. The summed E-state index contributed by atoms with van der Waals surface area (Å²) in [5, 5.41) is 12.0. The quantitative estimate of drug-likeness (QED) is 0.156. The van der Waals surface area contributed by atoms with Crippen molar-refractivity contribution in [1.82, 2.24) is 5.01 Å². The minimum Gasteiger partial charge on any atom is -0.504 e. The molecule has 2 heterocycles. The third-order valence-corrected chi connectivity index (χ3v) is 11.4. The predicted octanol–water partition coefficient (Wildman–Crippen LogP) is 7.03. The molecular formula is C41H33ClFN3O6. The Bertz CT molecular complexity index is 2190. The van der Waals surface area contributed by atoms with Gasteiger partial charge in [0, 0.05) is 10.9 Å². The third kappa shape index (κ3) is 4.88. The number of rotatable bonds is 7. The Labute approximate surface area is 303 Å². The Morgan fingerprint density at radius 3 is 2.31 bits per heavy atom. The second kappa shape index (κ2) is 12.5. The highest BCUT2D eigenvalue weighted by Crippen LogP contribution is 2.64. The van der Waals surface area contributed by atoms with Crippen LogP contribution >= 0.6 is 11.6 Å². The van der Waals surface area contributed by atoms with Gasteiger partial charge in [-0.1, -0.05) is 66.2 Å². The number of imide groups is 2. The van der Waals surface area contributed by atoms with Gasteiger partial charge in [-0.05, 0) is 96.1 Å². The molecule has 4 aliphatic rings. The highest BCUT2D eigenvalue weighted by atomic mass is 35.5. The zero-order valence-corrected chi connectivity index (χ0v) is 28.7. The second-order valence-corrected chi connectivity index (χ2v) is 14.0. The van der Waals surface area contributed by atoms with Crippen LogP contribution in [0.3, 0.4) is 0 Å². The number of fused-ring (bicyclic) bond motifs is 4. The summed E-state index contributed by atoms with van der Waals surface area (Å²) in [6.07, 6.45) is 3.97. The number of aromatic hydroxyl groups is 1. The summed E-state index contributed by atoms with van der Waals surface area (Å²) in [7, 11) is 1.42. The molecule has 2 saturated heterocycles. The van der Waals surface area contributed by atoms with Gasteiger partial charge in [0.15, 0.2) is 11.5 Å². The number of methoxy groups -OCH3 is 1. The van der Waals surface area contributed by atoms with Crippen LogP contribution < -0.4 is 15.1 Å². The van der Waals surface area contributed by atoms with Crippen molar-refractivity contribution in [2.24, 2.45) is 23.7 Å². The van der Waals surface area contributed by atoms with E-state index < -0.39 is 52.6 Å². The lowest BCUT2D eigenvalue weighted by Crippen LogP contribution is -2.53. The molecule has 8 rings (SSSR count). The number of nitrogens with zero attached hydrogens (tertiary/aromatic N) is 2. The Morgan fingerprint density at radius 1 is 0.923 bits per heavy atom. The minimum absolute atomic E-state index is 0.0930. The molecule has 2 aliphatic carbocycles. The summed E-state index contributed by atoms with van der Waals surface area (Å²) >= 11 is 6.36. The molecule has 9 nitrogen and oxygen atoms in total. The van der Waals surface area contributed by atoms with Gasteiger partial charge in [-0.15, -0.1) is 0 Å². The third-order valence-electron chi connectivity index (χ3n) is 11.2. The maximum Gasteiger partial charge on any atom is 0.260 e. The van der Waals surface area contributed by atoms with Gasteiger partial charge in [-0.25, -0.2) is 4.39 Å².